The Labute approximate surface area is 153 Å². The maximum Gasteiger partial charge on any atom is 0.230 e. The van der Waals surface area contributed by atoms with E-state index in [2.05, 4.69) is 15.3 Å². The van der Waals surface area contributed by atoms with Crippen molar-refractivity contribution in [2.75, 3.05) is 5.32 Å². The normalized spacial score (nSPS) is 10.9. The summed E-state index contributed by atoms with van der Waals surface area (Å²) in [5, 5.41) is 7.14. The lowest BCUT2D eigenvalue weighted by Gasteiger charge is -2.01. The van der Waals surface area contributed by atoms with E-state index in [0.29, 0.717) is 16.6 Å². The molecule has 0 aliphatic rings. The number of benzene rings is 2. The summed E-state index contributed by atoms with van der Waals surface area (Å²) >= 11 is 7.31. The van der Waals surface area contributed by atoms with E-state index in [0.717, 1.165) is 27.7 Å². The van der Waals surface area contributed by atoms with Crippen LogP contribution in [0.3, 0.4) is 0 Å². The molecule has 0 radical (unpaired) electrons. The number of aromatic amines is 1. The van der Waals surface area contributed by atoms with Crippen LogP contribution in [-0.4, -0.2) is 15.9 Å². The van der Waals surface area contributed by atoms with Crippen LogP contribution in [0, 0.1) is 0 Å². The summed E-state index contributed by atoms with van der Waals surface area (Å²) in [6.07, 6.45) is 2.19. The average molecular weight is 368 g/mol. The molecule has 4 nitrogen and oxygen atoms in total. The van der Waals surface area contributed by atoms with E-state index in [1.165, 1.54) is 11.3 Å². The molecule has 6 heteroatoms. The Morgan fingerprint density at radius 3 is 2.80 bits per heavy atom. The van der Waals surface area contributed by atoms with E-state index in [9.17, 15) is 4.79 Å². The van der Waals surface area contributed by atoms with Crippen LogP contribution in [0.5, 0.6) is 0 Å². The Balaban J connectivity index is 1.47. The van der Waals surface area contributed by atoms with Gasteiger partial charge in [-0.3, -0.25) is 4.79 Å². The van der Waals surface area contributed by atoms with Crippen molar-refractivity contribution < 1.29 is 4.79 Å². The van der Waals surface area contributed by atoms with Crippen LogP contribution in [0.2, 0.25) is 5.02 Å². The first-order valence-corrected chi connectivity index (χ1v) is 9.01. The number of anilines is 1. The second kappa shape index (κ2) is 6.70. The summed E-state index contributed by atoms with van der Waals surface area (Å²) in [5.41, 5.74) is 3.80. The van der Waals surface area contributed by atoms with Gasteiger partial charge in [-0.15, -0.1) is 11.3 Å². The largest absolute Gasteiger partial charge is 0.361 e. The molecule has 2 N–H and O–H groups in total. The molecule has 4 rings (SSSR count). The molecule has 0 atom stereocenters. The molecule has 2 aromatic heterocycles. The molecule has 0 bridgehead atoms. The third-order valence-corrected chi connectivity index (χ3v) is 4.93. The van der Waals surface area contributed by atoms with Gasteiger partial charge < -0.3 is 10.3 Å². The van der Waals surface area contributed by atoms with E-state index in [4.69, 9.17) is 11.6 Å². The molecule has 0 fully saturated rings. The number of carbonyl (C=O) groups is 1. The smallest absolute Gasteiger partial charge is 0.230 e. The highest BCUT2D eigenvalue weighted by molar-refractivity contribution is 7.14. The highest BCUT2D eigenvalue weighted by Gasteiger charge is 2.11. The summed E-state index contributed by atoms with van der Waals surface area (Å²) in [4.78, 5) is 20.0. The summed E-state index contributed by atoms with van der Waals surface area (Å²) in [6, 6.07) is 15.4. The van der Waals surface area contributed by atoms with E-state index >= 15 is 0 Å². The molecule has 4 aromatic rings. The molecule has 2 aromatic carbocycles. The summed E-state index contributed by atoms with van der Waals surface area (Å²) in [5.74, 6) is -0.0817. The van der Waals surface area contributed by atoms with Gasteiger partial charge in [-0.2, -0.15) is 0 Å². The van der Waals surface area contributed by atoms with Gasteiger partial charge in [0.1, 0.15) is 0 Å². The second-order valence-corrected chi connectivity index (χ2v) is 6.92. The van der Waals surface area contributed by atoms with Gasteiger partial charge in [0, 0.05) is 33.1 Å². The number of hydrogen-bond acceptors (Lipinski definition) is 3. The highest BCUT2D eigenvalue weighted by Crippen LogP contribution is 2.26. The van der Waals surface area contributed by atoms with E-state index in [1.54, 1.807) is 0 Å². The van der Waals surface area contributed by atoms with Crippen molar-refractivity contribution in [1.29, 1.82) is 0 Å². The molecule has 0 aliphatic heterocycles. The van der Waals surface area contributed by atoms with E-state index in [1.807, 2.05) is 60.1 Å². The number of nitrogens with one attached hydrogen (secondary N) is 2. The third-order valence-electron chi connectivity index (χ3n) is 3.92. The van der Waals surface area contributed by atoms with Crippen LogP contribution in [-0.2, 0) is 11.2 Å². The van der Waals surface area contributed by atoms with Gasteiger partial charge in [-0.25, -0.2) is 4.98 Å². The van der Waals surface area contributed by atoms with Crippen LogP contribution in [0.25, 0.3) is 22.2 Å². The van der Waals surface area contributed by atoms with Gasteiger partial charge in [0.05, 0.1) is 12.1 Å². The van der Waals surface area contributed by atoms with Crippen molar-refractivity contribution in [2.24, 2.45) is 0 Å². The molecule has 0 saturated carbocycles. The monoisotopic (exact) mass is 367 g/mol. The summed E-state index contributed by atoms with van der Waals surface area (Å²) < 4.78 is 0. The topological polar surface area (TPSA) is 57.8 Å². The molecular weight excluding hydrogens is 354 g/mol. The molecule has 1 amide bonds. The van der Waals surface area contributed by atoms with Crippen molar-refractivity contribution in [1.82, 2.24) is 9.97 Å². The molecule has 0 unspecified atom stereocenters. The van der Waals surface area contributed by atoms with Crippen molar-refractivity contribution in [3.63, 3.8) is 0 Å². The zero-order valence-corrected chi connectivity index (χ0v) is 14.7. The fourth-order valence-electron chi connectivity index (χ4n) is 2.70. The number of para-hydroxylation sites is 1. The Morgan fingerprint density at radius 1 is 1.16 bits per heavy atom. The van der Waals surface area contributed by atoms with Crippen LogP contribution < -0.4 is 5.32 Å². The number of hydrogen-bond donors (Lipinski definition) is 2. The van der Waals surface area contributed by atoms with Gasteiger partial charge in [-0.05, 0) is 23.8 Å². The maximum absolute atomic E-state index is 12.3. The first-order valence-electron chi connectivity index (χ1n) is 7.75. The zero-order chi connectivity index (χ0) is 17.2. The van der Waals surface area contributed by atoms with Crippen molar-refractivity contribution in [3.8, 4) is 11.3 Å². The predicted octanol–water partition coefficient (Wildman–Crippen LogP) is 5.13. The average Bonchev–Trinajstić information content (AvgIpc) is 3.23. The molecular formula is C19H14ClN3OS. The fraction of sp³-hybridized carbons (Fsp3) is 0.0526. The van der Waals surface area contributed by atoms with E-state index in [-0.39, 0.29) is 5.91 Å². The Hall–Kier alpha value is -2.63. The minimum atomic E-state index is -0.0817. The first-order chi connectivity index (χ1) is 12.2. The van der Waals surface area contributed by atoms with Crippen molar-refractivity contribution in [2.45, 2.75) is 6.42 Å². The maximum atomic E-state index is 12.3. The zero-order valence-electron chi connectivity index (χ0n) is 13.1. The number of rotatable bonds is 4. The number of thiazole rings is 1. The van der Waals surface area contributed by atoms with E-state index < -0.39 is 0 Å². The number of amides is 1. The first kappa shape index (κ1) is 15.9. The lowest BCUT2D eigenvalue weighted by atomic mass is 10.1. The van der Waals surface area contributed by atoms with Gasteiger partial charge in [0.2, 0.25) is 5.91 Å². The standard InChI is InChI=1S/C19H14ClN3OS/c20-14-7-5-12(6-8-14)17-11-25-19(22-17)23-18(24)9-13-10-21-16-4-2-1-3-15(13)16/h1-8,10-11,21H,9H2,(H,22,23,24). The Bertz CT molecular complexity index is 1040. The minimum absolute atomic E-state index is 0.0817. The second-order valence-electron chi connectivity index (χ2n) is 5.63. The van der Waals surface area contributed by atoms with Crippen molar-refractivity contribution in [3.05, 3.63) is 70.7 Å². The third kappa shape index (κ3) is 3.43. The molecule has 0 saturated heterocycles. The van der Waals surface area contributed by atoms with Gasteiger partial charge in [0.25, 0.3) is 0 Å². The van der Waals surface area contributed by atoms with Gasteiger partial charge in [0.15, 0.2) is 5.13 Å². The number of halogens is 1. The van der Waals surface area contributed by atoms with Crippen LogP contribution >= 0.6 is 22.9 Å². The number of H-pyrrole nitrogens is 1. The Kier molecular flexibility index (Phi) is 4.26. The molecule has 0 aliphatic carbocycles. The fourth-order valence-corrected chi connectivity index (χ4v) is 3.56. The lowest BCUT2D eigenvalue weighted by Crippen LogP contribution is -2.13. The summed E-state index contributed by atoms with van der Waals surface area (Å²) in [6.45, 7) is 0. The minimum Gasteiger partial charge on any atom is -0.361 e. The van der Waals surface area contributed by atoms with Gasteiger partial charge >= 0.3 is 0 Å². The molecule has 25 heavy (non-hydrogen) atoms. The Morgan fingerprint density at radius 2 is 1.96 bits per heavy atom. The van der Waals surface area contributed by atoms with Crippen LogP contribution in [0.1, 0.15) is 5.56 Å². The molecule has 2 heterocycles. The number of nitrogens with zero attached hydrogens (tertiary/aromatic N) is 1. The molecule has 0 spiro atoms. The van der Waals surface area contributed by atoms with Crippen molar-refractivity contribution >= 4 is 44.9 Å². The van der Waals surface area contributed by atoms with Crippen LogP contribution in [0.15, 0.2) is 60.1 Å². The SMILES string of the molecule is O=C(Cc1c[nH]c2ccccc12)Nc1nc(-c2ccc(Cl)cc2)cs1. The number of carbonyl (C=O) groups excluding carboxylic acids is 1. The summed E-state index contributed by atoms with van der Waals surface area (Å²) in [7, 11) is 0. The highest BCUT2D eigenvalue weighted by atomic mass is 35.5. The number of aromatic nitrogens is 2. The van der Waals surface area contributed by atoms with Gasteiger partial charge in [-0.1, -0.05) is 41.9 Å². The van der Waals surface area contributed by atoms with Crippen LogP contribution in [0.4, 0.5) is 5.13 Å². The molecule has 124 valence electrons. The quantitative estimate of drug-likeness (QED) is 0.525. The predicted molar refractivity (Wildman–Crippen MR) is 103 cm³/mol. The lowest BCUT2D eigenvalue weighted by molar-refractivity contribution is -0.115. The number of fused-ring (bicyclic) bond motifs is 1.